The third-order valence-corrected chi connectivity index (χ3v) is 2.33. The Morgan fingerprint density at radius 2 is 2.11 bits per heavy atom. The Labute approximate surface area is 109 Å². The number of nitrogens with zero attached hydrogens (tertiary/aromatic N) is 1. The summed E-state index contributed by atoms with van der Waals surface area (Å²) in [6.45, 7) is 1.93. The van der Waals surface area contributed by atoms with Crippen LogP contribution < -0.4 is 5.32 Å². The van der Waals surface area contributed by atoms with Crippen LogP contribution in [-0.4, -0.2) is 30.5 Å². The average molecular weight is 280 g/mol. The third kappa shape index (κ3) is 5.52. The van der Waals surface area contributed by atoms with Gasteiger partial charge in [-0.25, -0.2) is 8.78 Å². The number of nitrogens with one attached hydrogen (secondary N) is 1. The zero-order valence-corrected chi connectivity index (χ0v) is 10.5. The lowest BCUT2D eigenvalue weighted by molar-refractivity contribution is -0.168. The van der Waals surface area contributed by atoms with Crippen molar-refractivity contribution in [2.45, 2.75) is 32.4 Å². The van der Waals surface area contributed by atoms with Crippen LogP contribution in [0.15, 0.2) is 18.3 Å². The number of aromatic nitrogens is 1. The van der Waals surface area contributed by atoms with Crippen molar-refractivity contribution in [3.8, 4) is 0 Å². The minimum atomic E-state index is -4.12. The van der Waals surface area contributed by atoms with Crippen LogP contribution in [0.1, 0.15) is 18.2 Å². The van der Waals surface area contributed by atoms with Gasteiger partial charge in [0.15, 0.2) is 0 Å². The van der Waals surface area contributed by atoms with Gasteiger partial charge in [0, 0.05) is 12.7 Å². The van der Waals surface area contributed by atoms with Crippen LogP contribution in [0.2, 0.25) is 0 Å². The summed E-state index contributed by atoms with van der Waals surface area (Å²) in [5, 5.41) is 3.11. The summed E-state index contributed by atoms with van der Waals surface area (Å²) in [5.74, 6) is -4.12. The fourth-order valence-electron chi connectivity index (χ4n) is 1.27. The molecule has 0 aromatic carbocycles. The molecule has 19 heavy (non-hydrogen) atoms. The van der Waals surface area contributed by atoms with Crippen LogP contribution in [-0.2, 0) is 17.9 Å². The molecule has 0 amide bonds. The second-order valence-electron chi connectivity index (χ2n) is 3.99. The Morgan fingerprint density at radius 3 is 2.63 bits per heavy atom. The van der Waals surface area contributed by atoms with E-state index in [4.69, 9.17) is 0 Å². The van der Waals surface area contributed by atoms with E-state index in [2.05, 4.69) is 15.0 Å². The molecule has 0 unspecified atom stereocenters. The summed E-state index contributed by atoms with van der Waals surface area (Å²) in [7, 11) is 0. The van der Waals surface area contributed by atoms with E-state index in [1.165, 1.54) is 0 Å². The normalized spacial score (nSPS) is 12.1. The standard InChI is InChI=1S/C12H16F4N2O/c1-2-17-5-9-3-4-10(18-6-9)7-19-8-12(15,16)11(13)14/h3-4,6,11,17H,2,5,7-8H2,1H3. The van der Waals surface area contributed by atoms with E-state index in [9.17, 15) is 17.6 Å². The molecule has 0 aliphatic heterocycles. The second kappa shape index (κ2) is 7.40. The van der Waals surface area contributed by atoms with Gasteiger partial charge >= 0.3 is 12.3 Å². The van der Waals surface area contributed by atoms with Gasteiger partial charge in [-0.05, 0) is 18.2 Å². The van der Waals surface area contributed by atoms with Gasteiger partial charge in [-0.2, -0.15) is 8.78 Å². The lowest BCUT2D eigenvalue weighted by Gasteiger charge is -2.14. The van der Waals surface area contributed by atoms with Gasteiger partial charge in [0.1, 0.15) is 6.61 Å². The minimum absolute atomic E-state index is 0.218. The number of pyridine rings is 1. The number of ether oxygens (including phenoxy) is 1. The molecule has 3 nitrogen and oxygen atoms in total. The van der Waals surface area contributed by atoms with Gasteiger partial charge in [-0.3, -0.25) is 4.98 Å². The molecule has 0 spiro atoms. The lowest BCUT2D eigenvalue weighted by Crippen LogP contribution is -2.32. The summed E-state index contributed by atoms with van der Waals surface area (Å²) in [6, 6.07) is 3.40. The molecule has 7 heteroatoms. The Morgan fingerprint density at radius 1 is 1.37 bits per heavy atom. The molecule has 0 saturated carbocycles. The van der Waals surface area contributed by atoms with Crippen molar-refractivity contribution in [1.29, 1.82) is 0 Å². The molecule has 0 saturated heterocycles. The Balaban J connectivity index is 2.38. The van der Waals surface area contributed by atoms with Crippen molar-refractivity contribution in [2.75, 3.05) is 13.2 Å². The predicted octanol–water partition coefficient (Wildman–Crippen LogP) is 2.61. The highest BCUT2D eigenvalue weighted by Crippen LogP contribution is 2.23. The van der Waals surface area contributed by atoms with Gasteiger partial charge in [-0.15, -0.1) is 0 Å². The largest absolute Gasteiger partial charge is 0.369 e. The quantitative estimate of drug-likeness (QED) is 0.743. The zero-order valence-electron chi connectivity index (χ0n) is 10.5. The summed E-state index contributed by atoms with van der Waals surface area (Å²) in [5.41, 5.74) is 1.37. The van der Waals surface area contributed by atoms with E-state index in [-0.39, 0.29) is 6.61 Å². The van der Waals surface area contributed by atoms with Crippen LogP contribution >= 0.6 is 0 Å². The van der Waals surface area contributed by atoms with Gasteiger partial charge < -0.3 is 10.1 Å². The molecule has 0 bridgehead atoms. The summed E-state index contributed by atoms with van der Waals surface area (Å²) < 4.78 is 53.4. The van der Waals surface area contributed by atoms with Crippen molar-refractivity contribution in [2.24, 2.45) is 0 Å². The van der Waals surface area contributed by atoms with Crippen LogP contribution in [0.25, 0.3) is 0 Å². The predicted molar refractivity (Wildman–Crippen MR) is 62.2 cm³/mol. The number of rotatable bonds is 8. The SMILES string of the molecule is CCNCc1ccc(COCC(F)(F)C(F)F)nc1. The number of halogens is 4. The minimum Gasteiger partial charge on any atom is -0.369 e. The molecule has 0 fully saturated rings. The maximum Gasteiger partial charge on any atom is 0.330 e. The number of alkyl halides is 4. The molecular weight excluding hydrogens is 264 g/mol. The fourth-order valence-corrected chi connectivity index (χ4v) is 1.27. The smallest absolute Gasteiger partial charge is 0.330 e. The Kier molecular flexibility index (Phi) is 6.17. The highest BCUT2D eigenvalue weighted by molar-refractivity contribution is 5.13. The number of hydrogen-bond donors (Lipinski definition) is 1. The molecule has 1 heterocycles. The first-order valence-electron chi connectivity index (χ1n) is 5.84. The molecule has 0 atom stereocenters. The second-order valence-corrected chi connectivity index (χ2v) is 3.99. The highest BCUT2D eigenvalue weighted by Gasteiger charge is 2.40. The molecule has 0 aliphatic rings. The molecule has 1 aromatic rings. The van der Waals surface area contributed by atoms with Crippen LogP contribution in [0.3, 0.4) is 0 Å². The lowest BCUT2D eigenvalue weighted by atomic mass is 10.2. The summed E-state index contributed by atoms with van der Waals surface area (Å²) in [4.78, 5) is 4.00. The van der Waals surface area contributed by atoms with Gasteiger partial charge in [0.2, 0.25) is 0 Å². The molecule has 1 N–H and O–H groups in total. The van der Waals surface area contributed by atoms with E-state index in [1.807, 2.05) is 6.92 Å². The molecule has 0 radical (unpaired) electrons. The molecule has 0 aliphatic carbocycles. The first-order valence-corrected chi connectivity index (χ1v) is 5.84. The van der Waals surface area contributed by atoms with E-state index < -0.39 is 19.0 Å². The van der Waals surface area contributed by atoms with E-state index in [0.717, 1.165) is 12.1 Å². The van der Waals surface area contributed by atoms with Crippen molar-refractivity contribution in [3.05, 3.63) is 29.6 Å². The first-order chi connectivity index (χ1) is 8.95. The van der Waals surface area contributed by atoms with E-state index in [0.29, 0.717) is 12.2 Å². The van der Waals surface area contributed by atoms with Crippen LogP contribution in [0, 0.1) is 0 Å². The average Bonchev–Trinajstić information content (AvgIpc) is 2.37. The highest BCUT2D eigenvalue weighted by atomic mass is 19.3. The van der Waals surface area contributed by atoms with Crippen molar-refractivity contribution < 1.29 is 22.3 Å². The van der Waals surface area contributed by atoms with Gasteiger partial charge in [0.05, 0.1) is 12.3 Å². The molecule has 1 rings (SSSR count). The van der Waals surface area contributed by atoms with E-state index >= 15 is 0 Å². The fraction of sp³-hybridized carbons (Fsp3) is 0.583. The maximum atomic E-state index is 12.5. The monoisotopic (exact) mass is 280 g/mol. The Hall–Kier alpha value is -1.21. The van der Waals surface area contributed by atoms with Crippen molar-refractivity contribution in [3.63, 3.8) is 0 Å². The first kappa shape index (κ1) is 15.8. The van der Waals surface area contributed by atoms with Gasteiger partial charge in [0.25, 0.3) is 0 Å². The summed E-state index contributed by atoms with van der Waals surface area (Å²) >= 11 is 0. The molecule has 108 valence electrons. The van der Waals surface area contributed by atoms with Crippen molar-refractivity contribution >= 4 is 0 Å². The topological polar surface area (TPSA) is 34.1 Å². The molecule has 1 aromatic heterocycles. The van der Waals surface area contributed by atoms with Crippen molar-refractivity contribution in [1.82, 2.24) is 10.3 Å². The molecular formula is C12H16F4N2O. The zero-order chi connectivity index (χ0) is 14.3. The van der Waals surface area contributed by atoms with E-state index in [1.54, 1.807) is 18.3 Å². The Bertz CT molecular complexity index is 370. The van der Waals surface area contributed by atoms with Crippen LogP contribution in [0.5, 0.6) is 0 Å². The summed E-state index contributed by atoms with van der Waals surface area (Å²) in [6.07, 6.45) is -2.13. The number of hydrogen-bond acceptors (Lipinski definition) is 3. The van der Waals surface area contributed by atoms with Crippen LogP contribution in [0.4, 0.5) is 17.6 Å². The van der Waals surface area contributed by atoms with Gasteiger partial charge in [-0.1, -0.05) is 13.0 Å². The maximum absolute atomic E-state index is 12.5. The third-order valence-electron chi connectivity index (χ3n) is 2.33.